The second kappa shape index (κ2) is 35.5. The Morgan fingerprint density at radius 2 is 1.16 bits per heavy atom. The Balaban J connectivity index is 2.19. The van der Waals surface area contributed by atoms with Gasteiger partial charge >= 0.3 is 12.1 Å². The maximum absolute atomic E-state index is 14.3. The van der Waals surface area contributed by atoms with Crippen LogP contribution in [0.2, 0.25) is 0 Å². The van der Waals surface area contributed by atoms with Crippen LogP contribution >= 0.6 is 0 Å². The average Bonchev–Trinajstić information content (AvgIpc) is 3.27. The molecule has 4 amide bonds. The summed E-state index contributed by atoms with van der Waals surface area (Å²) < 4.78 is 11.9. The molecule has 1 aliphatic rings. The second-order valence-corrected chi connectivity index (χ2v) is 18.6. The molecule has 1 aliphatic heterocycles. The van der Waals surface area contributed by atoms with Gasteiger partial charge in [0.25, 0.3) is 0 Å². The molecule has 0 saturated carbocycles. The highest BCUT2D eigenvalue weighted by atomic mass is 16.6. The fraction of sp³-hybridized carbons (Fsp3) is 0.824. The van der Waals surface area contributed by atoms with Crippen LogP contribution < -0.4 is 11.1 Å². The predicted molar refractivity (Wildman–Crippen MR) is 254 cm³/mol. The summed E-state index contributed by atoms with van der Waals surface area (Å²) in [4.78, 5) is 44.8. The lowest BCUT2D eigenvalue weighted by molar-refractivity contribution is -0.238. The van der Waals surface area contributed by atoms with Gasteiger partial charge in [-0.1, -0.05) is 212 Å². The van der Waals surface area contributed by atoms with E-state index in [0.29, 0.717) is 18.5 Å². The quantitative estimate of drug-likeness (QED) is 0.0411. The number of amides is 4. The molecule has 6 N–H and O–H groups in total. The normalized spacial score (nSPS) is 19.2. The van der Waals surface area contributed by atoms with Crippen molar-refractivity contribution in [3.63, 3.8) is 0 Å². The number of benzene rings is 1. The summed E-state index contributed by atoms with van der Waals surface area (Å²) in [5.74, 6) is -0.816. The maximum Gasteiger partial charge on any atom is 0.417 e. The third-order valence-electron chi connectivity index (χ3n) is 12.5. The Kier molecular flexibility index (Phi) is 31.7. The van der Waals surface area contributed by atoms with Gasteiger partial charge in [-0.2, -0.15) is 0 Å². The molecule has 12 heteroatoms. The van der Waals surface area contributed by atoms with Gasteiger partial charge in [0.2, 0.25) is 5.91 Å². The molecule has 1 saturated heterocycles. The van der Waals surface area contributed by atoms with E-state index in [1.54, 1.807) is 24.3 Å². The van der Waals surface area contributed by atoms with Crippen molar-refractivity contribution in [2.75, 3.05) is 19.7 Å². The van der Waals surface area contributed by atoms with Crippen LogP contribution in [0, 0.1) is 5.92 Å². The molecule has 0 radical (unpaired) electrons. The van der Waals surface area contributed by atoms with E-state index in [9.17, 15) is 29.7 Å². The molecule has 63 heavy (non-hydrogen) atoms. The molecule has 0 bridgehead atoms. The number of unbranched alkanes of at least 4 members (excludes halogenated alkanes) is 24. The smallest absolute Gasteiger partial charge is 0.417 e. The van der Waals surface area contributed by atoms with Crippen LogP contribution in [0.25, 0.3) is 0 Å². The van der Waals surface area contributed by atoms with Crippen molar-refractivity contribution < 1.29 is 39.2 Å². The summed E-state index contributed by atoms with van der Waals surface area (Å²) in [6.07, 6.45) is 23.8. The number of nitrogens with zero attached hydrogens (tertiary/aromatic N) is 2. The molecule has 0 aliphatic carbocycles. The van der Waals surface area contributed by atoms with Crippen molar-refractivity contribution in [2.24, 2.45) is 11.7 Å². The minimum Gasteiger partial charge on any atom is -0.444 e. The van der Waals surface area contributed by atoms with Gasteiger partial charge in [-0.05, 0) is 30.7 Å². The van der Waals surface area contributed by atoms with E-state index < -0.39 is 61.3 Å². The van der Waals surface area contributed by atoms with Gasteiger partial charge < -0.3 is 35.8 Å². The first-order valence-electron chi connectivity index (χ1n) is 25.5. The topological polar surface area (TPSA) is 175 Å². The SMILES string of the molecule is CCCCCCCCCCCCCCCCCCN(C(=O)NCCCCCCCCCCCC)[C@@H]1O[C@H](CO)[C@@H](O)[C@H](O)[C@H]1N(C(=O)OCc1ccccc1)C(=O)[C@@H](N)CC(C)C. The molecule has 1 aromatic carbocycles. The van der Waals surface area contributed by atoms with Crippen molar-refractivity contribution in [1.82, 2.24) is 15.1 Å². The van der Waals surface area contributed by atoms with E-state index in [-0.39, 0.29) is 25.5 Å². The summed E-state index contributed by atoms with van der Waals surface area (Å²) in [6.45, 7) is 8.08. The minimum absolute atomic E-state index is 0.00167. The Labute approximate surface area is 382 Å². The number of aliphatic hydroxyl groups excluding tert-OH is 3. The molecule has 2 rings (SSSR count). The number of rotatable bonds is 36. The van der Waals surface area contributed by atoms with E-state index in [1.807, 2.05) is 19.9 Å². The van der Waals surface area contributed by atoms with Gasteiger partial charge in [0.05, 0.1) is 12.6 Å². The van der Waals surface area contributed by atoms with Crippen LogP contribution in [0.5, 0.6) is 0 Å². The van der Waals surface area contributed by atoms with Gasteiger partial charge in [-0.3, -0.25) is 9.69 Å². The number of nitrogens with one attached hydrogen (secondary N) is 1. The van der Waals surface area contributed by atoms with E-state index in [2.05, 4.69) is 19.2 Å². The van der Waals surface area contributed by atoms with Gasteiger partial charge in [-0.15, -0.1) is 0 Å². The average molecular weight is 889 g/mol. The molecular formula is C51H92N4O8. The first-order chi connectivity index (χ1) is 30.6. The fourth-order valence-corrected chi connectivity index (χ4v) is 8.64. The molecule has 1 heterocycles. The van der Waals surface area contributed by atoms with E-state index in [1.165, 1.54) is 114 Å². The molecule has 12 nitrogen and oxygen atoms in total. The third kappa shape index (κ3) is 23.3. The molecular weight excluding hydrogens is 797 g/mol. The lowest BCUT2D eigenvalue weighted by atomic mass is 9.93. The highest BCUT2D eigenvalue weighted by Gasteiger charge is 2.53. The molecule has 0 aromatic heterocycles. The van der Waals surface area contributed by atoms with Crippen molar-refractivity contribution in [2.45, 2.75) is 244 Å². The van der Waals surface area contributed by atoms with Crippen molar-refractivity contribution >= 4 is 18.0 Å². The Morgan fingerprint density at radius 1 is 0.698 bits per heavy atom. The minimum atomic E-state index is -1.79. The zero-order valence-electron chi connectivity index (χ0n) is 40.2. The summed E-state index contributed by atoms with van der Waals surface area (Å²) >= 11 is 0. The van der Waals surface area contributed by atoms with Crippen LogP contribution in [0.15, 0.2) is 30.3 Å². The lowest BCUT2D eigenvalue weighted by Crippen LogP contribution is -2.72. The van der Waals surface area contributed by atoms with Crippen molar-refractivity contribution in [1.29, 1.82) is 0 Å². The highest BCUT2D eigenvalue weighted by molar-refractivity contribution is 5.95. The molecule has 0 spiro atoms. The lowest BCUT2D eigenvalue weighted by Gasteiger charge is -2.49. The molecule has 1 fully saturated rings. The monoisotopic (exact) mass is 889 g/mol. The first kappa shape index (κ1) is 56.4. The number of hydrogen-bond acceptors (Lipinski definition) is 9. The molecule has 6 atom stereocenters. The van der Waals surface area contributed by atoms with Crippen LogP contribution in [-0.2, 0) is 20.9 Å². The number of nitrogens with two attached hydrogens (primary N) is 1. The first-order valence-corrected chi connectivity index (χ1v) is 25.5. The summed E-state index contributed by atoms with van der Waals surface area (Å²) in [5, 5.41) is 36.4. The highest BCUT2D eigenvalue weighted by Crippen LogP contribution is 2.30. The second-order valence-electron chi connectivity index (χ2n) is 18.6. The largest absolute Gasteiger partial charge is 0.444 e. The Hall–Kier alpha value is -2.77. The van der Waals surface area contributed by atoms with E-state index >= 15 is 0 Å². The number of imide groups is 1. The molecule has 0 unspecified atom stereocenters. The van der Waals surface area contributed by atoms with Crippen LogP contribution in [0.1, 0.15) is 207 Å². The molecule has 364 valence electrons. The van der Waals surface area contributed by atoms with Crippen molar-refractivity contribution in [3.8, 4) is 0 Å². The summed E-state index contributed by atoms with van der Waals surface area (Å²) in [5.41, 5.74) is 7.10. The zero-order chi connectivity index (χ0) is 46.1. The van der Waals surface area contributed by atoms with Gasteiger partial charge in [0, 0.05) is 13.1 Å². The Morgan fingerprint density at radius 3 is 1.62 bits per heavy atom. The van der Waals surface area contributed by atoms with Gasteiger partial charge in [0.15, 0.2) is 6.23 Å². The van der Waals surface area contributed by atoms with E-state index in [0.717, 1.165) is 56.3 Å². The standard InChI is InChI=1S/C51H92N4O8/c1-5-7-9-11-13-15-17-18-19-20-21-22-24-26-28-33-37-54(50(60)53-36-32-27-25-23-16-14-12-10-8-6-2)49-45(47(58)46(57)44(39-56)63-49)55(48(59)43(52)38-41(3)4)51(61)62-40-42-34-30-29-31-35-42/h29-31,34-35,41,43-47,49,56-58H,5-28,32-33,36-40,52H2,1-4H3,(H,53,60)/t43-,44+,45+,46+,47+,49+/m0/s1. The number of carbonyl (C=O) groups is 3. The number of carbonyl (C=O) groups excluding carboxylic acids is 3. The van der Waals surface area contributed by atoms with E-state index in [4.69, 9.17) is 15.2 Å². The number of hydrogen-bond donors (Lipinski definition) is 5. The predicted octanol–water partition coefficient (Wildman–Crippen LogP) is 10.5. The number of ether oxygens (including phenoxy) is 2. The van der Waals surface area contributed by atoms with Gasteiger partial charge in [0.1, 0.15) is 31.0 Å². The Bertz CT molecular complexity index is 1310. The maximum atomic E-state index is 14.3. The summed E-state index contributed by atoms with van der Waals surface area (Å²) in [7, 11) is 0. The van der Waals surface area contributed by atoms with Crippen LogP contribution in [0.3, 0.4) is 0 Å². The molecule has 1 aromatic rings. The van der Waals surface area contributed by atoms with Crippen LogP contribution in [-0.4, -0.2) is 99.5 Å². The number of aliphatic hydroxyl groups is 3. The zero-order valence-corrected chi connectivity index (χ0v) is 40.2. The van der Waals surface area contributed by atoms with Crippen molar-refractivity contribution in [3.05, 3.63) is 35.9 Å². The number of urea groups is 1. The van der Waals surface area contributed by atoms with Crippen LogP contribution in [0.4, 0.5) is 9.59 Å². The summed E-state index contributed by atoms with van der Waals surface area (Å²) in [6, 6.07) is 5.79. The van der Waals surface area contributed by atoms with Gasteiger partial charge in [-0.25, -0.2) is 14.5 Å². The fourth-order valence-electron chi connectivity index (χ4n) is 8.64. The third-order valence-corrected chi connectivity index (χ3v) is 12.5.